The number of fused-ring (bicyclic) bond motifs is 1. The van der Waals surface area contributed by atoms with E-state index in [0.717, 1.165) is 30.5 Å². The van der Waals surface area contributed by atoms with E-state index in [9.17, 15) is 4.39 Å². The molecule has 0 saturated carbocycles. The fourth-order valence-corrected chi connectivity index (χ4v) is 1.96. The summed E-state index contributed by atoms with van der Waals surface area (Å²) in [6.45, 7) is 3.83. The highest BCUT2D eigenvalue weighted by atomic mass is 79.9. The lowest BCUT2D eigenvalue weighted by atomic mass is 10.2. The van der Waals surface area contributed by atoms with Crippen LogP contribution in [0, 0.1) is 5.82 Å². The molecular weight excluding hydrogens is 273 g/mol. The molecule has 1 aromatic heterocycles. The molecule has 2 nitrogen and oxygen atoms in total. The van der Waals surface area contributed by atoms with E-state index >= 15 is 0 Å². The molecule has 0 unspecified atom stereocenters. The van der Waals surface area contributed by atoms with Crippen LogP contribution in [0.1, 0.15) is 18.9 Å². The Hall–Kier alpha value is -0.870. The minimum atomic E-state index is -0.296. The normalized spacial score (nSPS) is 11.2. The van der Waals surface area contributed by atoms with E-state index in [-0.39, 0.29) is 5.82 Å². The molecule has 0 radical (unpaired) electrons. The molecule has 0 atom stereocenters. The minimum Gasteiger partial charge on any atom is -0.464 e. The van der Waals surface area contributed by atoms with Crippen molar-refractivity contribution in [2.24, 2.45) is 0 Å². The summed E-state index contributed by atoms with van der Waals surface area (Å²) in [6.07, 6.45) is 2.77. The first-order chi connectivity index (χ1) is 7.72. The van der Waals surface area contributed by atoms with Crippen molar-refractivity contribution in [3.05, 3.63) is 34.2 Å². The van der Waals surface area contributed by atoms with Gasteiger partial charge in [-0.25, -0.2) is 4.39 Å². The molecule has 16 heavy (non-hydrogen) atoms. The van der Waals surface area contributed by atoms with Crippen molar-refractivity contribution in [1.29, 1.82) is 0 Å². The lowest BCUT2D eigenvalue weighted by Gasteiger charge is -2.01. The number of rotatable bonds is 4. The smallest absolute Gasteiger partial charge is 0.141 e. The van der Waals surface area contributed by atoms with Crippen molar-refractivity contribution in [3.8, 4) is 0 Å². The van der Waals surface area contributed by atoms with Gasteiger partial charge in [0.05, 0.1) is 10.7 Å². The maximum Gasteiger partial charge on any atom is 0.141 e. The molecule has 1 N–H and O–H groups in total. The van der Waals surface area contributed by atoms with Crippen LogP contribution in [0.2, 0.25) is 0 Å². The molecule has 0 spiro atoms. The Balaban J connectivity index is 2.29. The van der Waals surface area contributed by atoms with Crippen LogP contribution in [0.25, 0.3) is 11.0 Å². The number of hydrogen-bond acceptors (Lipinski definition) is 2. The fraction of sp³-hybridized carbons (Fsp3) is 0.333. The average molecular weight is 286 g/mol. The van der Waals surface area contributed by atoms with E-state index in [4.69, 9.17) is 4.42 Å². The molecule has 1 heterocycles. The molecule has 86 valence electrons. The maximum absolute atomic E-state index is 13.2. The Kier molecular flexibility index (Phi) is 3.61. The molecule has 4 heteroatoms. The van der Waals surface area contributed by atoms with Crippen LogP contribution in [0.3, 0.4) is 0 Å². The summed E-state index contributed by atoms with van der Waals surface area (Å²) in [4.78, 5) is 0. The summed E-state index contributed by atoms with van der Waals surface area (Å²) >= 11 is 3.18. The molecule has 2 rings (SSSR count). The molecule has 0 aliphatic rings. The van der Waals surface area contributed by atoms with Crippen LogP contribution in [0.5, 0.6) is 0 Å². The zero-order chi connectivity index (χ0) is 11.5. The zero-order valence-electron chi connectivity index (χ0n) is 9.02. The molecule has 0 fully saturated rings. The summed E-state index contributed by atoms with van der Waals surface area (Å²) in [7, 11) is 0. The van der Waals surface area contributed by atoms with E-state index in [2.05, 4.69) is 28.2 Å². The summed E-state index contributed by atoms with van der Waals surface area (Å²) in [5.74, 6) is -0.296. The van der Waals surface area contributed by atoms with Crippen LogP contribution < -0.4 is 5.32 Å². The predicted octanol–water partition coefficient (Wildman–Crippen LogP) is 3.83. The third kappa shape index (κ3) is 2.28. The van der Waals surface area contributed by atoms with Gasteiger partial charge in [0.25, 0.3) is 0 Å². The van der Waals surface area contributed by atoms with Gasteiger partial charge >= 0.3 is 0 Å². The standard InChI is InChI=1S/C12H13BrFNO/c1-2-3-15-6-8-7-16-12-5-11(14)10(13)4-9(8)12/h4-5,7,15H,2-3,6H2,1H3. The van der Waals surface area contributed by atoms with E-state index in [0.29, 0.717) is 10.1 Å². The predicted molar refractivity (Wildman–Crippen MR) is 65.9 cm³/mol. The van der Waals surface area contributed by atoms with Gasteiger partial charge in [-0.3, -0.25) is 0 Å². The Morgan fingerprint density at radius 1 is 1.44 bits per heavy atom. The SMILES string of the molecule is CCCNCc1coc2cc(F)c(Br)cc12. The first kappa shape index (κ1) is 11.6. The number of benzene rings is 1. The molecule has 0 saturated heterocycles. The molecule has 0 aliphatic carbocycles. The van der Waals surface area contributed by atoms with Crippen molar-refractivity contribution >= 4 is 26.9 Å². The van der Waals surface area contributed by atoms with Crippen LogP contribution in [0.15, 0.2) is 27.3 Å². The molecule has 2 aromatic rings. The van der Waals surface area contributed by atoms with Gasteiger partial charge in [-0.1, -0.05) is 6.92 Å². The Labute approximate surface area is 102 Å². The van der Waals surface area contributed by atoms with Crippen molar-refractivity contribution < 1.29 is 8.81 Å². The zero-order valence-corrected chi connectivity index (χ0v) is 10.6. The molecule has 0 amide bonds. The van der Waals surface area contributed by atoms with Crippen LogP contribution >= 0.6 is 15.9 Å². The number of hydrogen-bond donors (Lipinski definition) is 1. The maximum atomic E-state index is 13.2. The Morgan fingerprint density at radius 3 is 3.00 bits per heavy atom. The summed E-state index contributed by atoms with van der Waals surface area (Å²) < 4.78 is 19.0. The topological polar surface area (TPSA) is 25.2 Å². The highest BCUT2D eigenvalue weighted by molar-refractivity contribution is 9.10. The van der Waals surface area contributed by atoms with Gasteiger partial charge in [0, 0.05) is 23.6 Å². The monoisotopic (exact) mass is 285 g/mol. The third-order valence-electron chi connectivity index (χ3n) is 2.44. The molecule has 1 aromatic carbocycles. The van der Waals surface area contributed by atoms with E-state index in [1.54, 1.807) is 12.3 Å². The van der Waals surface area contributed by atoms with E-state index in [1.807, 2.05) is 0 Å². The highest BCUT2D eigenvalue weighted by Gasteiger charge is 2.09. The van der Waals surface area contributed by atoms with Gasteiger partial charge in [0.15, 0.2) is 0 Å². The molecular formula is C12H13BrFNO. The van der Waals surface area contributed by atoms with Crippen molar-refractivity contribution in [1.82, 2.24) is 5.32 Å². The van der Waals surface area contributed by atoms with Gasteiger partial charge in [0.2, 0.25) is 0 Å². The summed E-state index contributed by atoms with van der Waals surface area (Å²) in [5, 5.41) is 4.25. The van der Waals surface area contributed by atoms with Crippen LogP contribution in [0.4, 0.5) is 4.39 Å². The molecule has 0 aliphatic heterocycles. The Bertz CT molecular complexity index is 495. The fourth-order valence-electron chi connectivity index (χ4n) is 1.61. The van der Waals surface area contributed by atoms with Crippen LogP contribution in [-0.2, 0) is 6.54 Å². The van der Waals surface area contributed by atoms with Gasteiger partial charge < -0.3 is 9.73 Å². The first-order valence-corrected chi connectivity index (χ1v) is 6.07. The molecule has 0 bridgehead atoms. The second-order valence-corrected chi connectivity index (χ2v) is 4.55. The van der Waals surface area contributed by atoms with Gasteiger partial charge in [-0.05, 0) is 35.0 Å². The minimum absolute atomic E-state index is 0.296. The highest BCUT2D eigenvalue weighted by Crippen LogP contribution is 2.27. The lowest BCUT2D eigenvalue weighted by molar-refractivity contribution is 0.589. The second-order valence-electron chi connectivity index (χ2n) is 3.70. The van der Waals surface area contributed by atoms with Gasteiger partial charge in [-0.2, -0.15) is 0 Å². The Morgan fingerprint density at radius 2 is 2.25 bits per heavy atom. The summed E-state index contributed by atoms with van der Waals surface area (Å²) in [5.41, 5.74) is 1.65. The van der Waals surface area contributed by atoms with Gasteiger partial charge in [0.1, 0.15) is 11.4 Å². The van der Waals surface area contributed by atoms with Crippen molar-refractivity contribution in [2.75, 3.05) is 6.54 Å². The number of nitrogens with one attached hydrogen (secondary N) is 1. The largest absolute Gasteiger partial charge is 0.464 e. The van der Waals surface area contributed by atoms with Crippen LogP contribution in [-0.4, -0.2) is 6.54 Å². The quantitative estimate of drug-likeness (QED) is 0.864. The van der Waals surface area contributed by atoms with E-state index < -0.39 is 0 Å². The van der Waals surface area contributed by atoms with Gasteiger partial charge in [-0.15, -0.1) is 0 Å². The number of halogens is 2. The lowest BCUT2D eigenvalue weighted by Crippen LogP contribution is -2.13. The number of furan rings is 1. The van der Waals surface area contributed by atoms with E-state index in [1.165, 1.54) is 6.07 Å². The third-order valence-corrected chi connectivity index (χ3v) is 3.05. The van der Waals surface area contributed by atoms with Crippen molar-refractivity contribution in [2.45, 2.75) is 19.9 Å². The van der Waals surface area contributed by atoms with Crippen molar-refractivity contribution in [3.63, 3.8) is 0 Å². The second kappa shape index (κ2) is 4.97. The first-order valence-electron chi connectivity index (χ1n) is 5.28. The average Bonchev–Trinajstić information content (AvgIpc) is 2.63. The summed E-state index contributed by atoms with van der Waals surface area (Å²) in [6, 6.07) is 3.17.